The molecule has 11 nitrogen and oxygen atoms in total. The van der Waals surface area contributed by atoms with Gasteiger partial charge in [0.1, 0.15) is 23.0 Å². The van der Waals surface area contributed by atoms with Crippen molar-refractivity contribution in [2.45, 2.75) is 26.4 Å². The zero-order chi connectivity index (χ0) is 34.1. The summed E-state index contributed by atoms with van der Waals surface area (Å²) in [5.41, 5.74) is 1.09. The fourth-order valence-corrected chi connectivity index (χ4v) is 5.49. The number of rotatable bonds is 11. The molecule has 13 heteroatoms. The van der Waals surface area contributed by atoms with Gasteiger partial charge in [-0.3, -0.25) is 9.03 Å². The highest BCUT2D eigenvalue weighted by atomic mass is 32.2. The van der Waals surface area contributed by atoms with E-state index in [9.17, 15) is 26.7 Å². The number of nitrogens with one attached hydrogen (secondary N) is 1. The second-order valence-corrected chi connectivity index (χ2v) is 14.4. The second kappa shape index (κ2) is 15.1. The Hall–Kier alpha value is -4.59. The van der Waals surface area contributed by atoms with E-state index >= 15 is 0 Å². The smallest absolute Gasteiger partial charge is 0.339 e. The summed E-state index contributed by atoms with van der Waals surface area (Å²) in [6.07, 6.45) is 2.11. The van der Waals surface area contributed by atoms with Gasteiger partial charge in [0.2, 0.25) is 20.0 Å². The van der Waals surface area contributed by atoms with Crippen LogP contribution in [0.2, 0.25) is 0 Å². The predicted molar refractivity (Wildman–Crippen MR) is 179 cm³/mol. The van der Waals surface area contributed by atoms with E-state index in [-0.39, 0.29) is 5.69 Å². The monoisotopic (exact) mass is 670 g/mol. The minimum Gasteiger partial charge on any atom is -0.467 e. The molecule has 46 heavy (non-hydrogen) atoms. The van der Waals surface area contributed by atoms with Gasteiger partial charge in [0.05, 0.1) is 31.9 Å². The normalized spacial score (nSPS) is 12.5. The molecule has 4 aromatic carbocycles. The number of aliphatic hydroxyl groups is 1. The van der Waals surface area contributed by atoms with Crippen LogP contribution in [0.3, 0.4) is 0 Å². The number of anilines is 2. The molecular weight excluding hydrogens is 633 g/mol. The van der Waals surface area contributed by atoms with Gasteiger partial charge in [0, 0.05) is 5.69 Å². The summed E-state index contributed by atoms with van der Waals surface area (Å²) in [7, 11) is -5.87. The third kappa shape index (κ3) is 11.4. The van der Waals surface area contributed by atoms with E-state index in [1.165, 1.54) is 24.6 Å². The van der Waals surface area contributed by atoms with Crippen LogP contribution in [0.4, 0.5) is 11.4 Å². The van der Waals surface area contributed by atoms with Crippen molar-refractivity contribution in [1.29, 1.82) is 0 Å². The number of carbonyl (C=O) groups excluding carboxylic acids is 1. The molecule has 0 aliphatic carbocycles. The summed E-state index contributed by atoms with van der Waals surface area (Å²) >= 11 is 0. The Bertz CT molecular complexity index is 1810. The molecule has 4 rings (SSSR count). The number of ether oxygens (including phenoxy) is 3. The summed E-state index contributed by atoms with van der Waals surface area (Å²) in [5.74, 6) is 1.66. The third-order valence-corrected chi connectivity index (χ3v) is 8.02. The van der Waals surface area contributed by atoms with Crippen LogP contribution in [0.5, 0.6) is 23.0 Å². The lowest BCUT2D eigenvalue weighted by atomic mass is 10.1. The Morgan fingerprint density at radius 1 is 0.717 bits per heavy atom. The average Bonchev–Trinajstić information content (AvgIpc) is 2.98. The maximum atomic E-state index is 12.2. The molecule has 0 aliphatic rings. The number of hydrogen-bond donors (Lipinski definition) is 2. The van der Waals surface area contributed by atoms with Gasteiger partial charge in [-0.2, -0.15) is 0 Å². The average molecular weight is 671 g/mol. The first kappa shape index (κ1) is 35.9. The molecule has 1 unspecified atom stereocenters. The molecule has 0 radical (unpaired) electrons. The molecule has 246 valence electrons. The van der Waals surface area contributed by atoms with E-state index in [1.807, 2.05) is 62.4 Å². The molecule has 2 N–H and O–H groups in total. The van der Waals surface area contributed by atoms with Gasteiger partial charge >= 0.3 is 5.97 Å². The molecule has 0 bridgehead atoms. The van der Waals surface area contributed by atoms with Crippen LogP contribution in [0.25, 0.3) is 0 Å². The standard InChI is InChI=1S/C19H23NO6S.C14H15NO3S/c1-14-5-9-16(10-6-14)26-17-11-7-15(8-12-17)20(27(4,23)24)13-19(2,22)18(21)25-3;1-11-3-7-13(8-4-11)18-14-9-5-12(6-10-14)15-19(2,16)17/h5-12,22H,13H2,1-4H3;3-10,15H,1-2H3. The molecule has 0 fully saturated rings. The Labute approximate surface area is 270 Å². The Morgan fingerprint density at radius 3 is 1.43 bits per heavy atom. The number of hydrogen-bond acceptors (Lipinski definition) is 9. The Morgan fingerprint density at radius 2 is 1.09 bits per heavy atom. The number of nitrogens with zero attached hydrogens (tertiary/aromatic N) is 1. The topological polar surface area (TPSA) is 149 Å². The van der Waals surface area contributed by atoms with Gasteiger partial charge in [-0.1, -0.05) is 35.4 Å². The zero-order valence-electron chi connectivity index (χ0n) is 26.4. The van der Waals surface area contributed by atoms with Crippen LogP contribution in [0, 0.1) is 13.8 Å². The highest BCUT2D eigenvalue weighted by Crippen LogP contribution is 2.27. The van der Waals surface area contributed by atoms with Crippen LogP contribution in [0.1, 0.15) is 18.1 Å². The van der Waals surface area contributed by atoms with Gasteiger partial charge in [-0.15, -0.1) is 0 Å². The zero-order valence-corrected chi connectivity index (χ0v) is 28.1. The lowest BCUT2D eigenvalue weighted by Crippen LogP contribution is -2.49. The molecule has 0 aliphatic heterocycles. The lowest BCUT2D eigenvalue weighted by Gasteiger charge is -2.29. The van der Waals surface area contributed by atoms with Crippen molar-refractivity contribution in [3.8, 4) is 23.0 Å². The second-order valence-electron chi connectivity index (χ2n) is 10.8. The van der Waals surface area contributed by atoms with E-state index < -0.39 is 38.2 Å². The summed E-state index contributed by atoms with van der Waals surface area (Å²) in [6, 6.07) is 28.3. The summed E-state index contributed by atoms with van der Waals surface area (Å²) in [6.45, 7) is 4.71. The number of benzene rings is 4. The summed E-state index contributed by atoms with van der Waals surface area (Å²) in [5, 5.41) is 10.2. The van der Waals surface area contributed by atoms with Crippen molar-refractivity contribution in [3.63, 3.8) is 0 Å². The van der Waals surface area contributed by atoms with Crippen LogP contribution >= 0.6 is 0 Å². The Balaban J connectivity index is 0.000000266. The van der Waals surface area contributed by atoms with Gasteiger partial charge in [0.25, 0.3) is 0 Å². The molecule has 4 aromatic rings. The van der Waals surface area contributed by atoms with Crippen LogP contribution in [-0.4, -0.2) is 59.7 Å². The fraction of sp³-hybridized carbons (Fsp3) is 0.242. The minimum atomic E-state index is -3.74. The van der Waals surface area contributed by atoms with Crippen LogP contribution < -0.4 is 18.5 Å². The first-order valence-corrected chi connectivity index (χ1v) is 17.6. The highest BCUT2D eigenvalue weighted by Gasteiger charge is 2.36. The van der Waals surface area contributed by atoms with Crippen molar-refractivity contribution in [2.75, 3.05) is 35.2 Å². The SMILES string of the molecule is COC(=O)C(C)(O)CN(c1ccc(Oc2ccc(C)cc2)cc1)S(C)(=O)=O.Cc1ccc(Oc2ccc(NS(C)(=O)=O)cc2)cc1. The van der Waals surface area contributed by atoms with Crippen molar-refractivity contribution in [3.05, 3.63) is 108 Å². The van der Waals surface area contributed by atoms with Crippen molar-refractivity contribution in [2.24, 2.45) is 0 Å². The minimum absolute atomic E-state index is 0.290. The largest absolute Gasteiger partial charge is 0.467 e. The van der Waals surface area contributed by atoms with E-state index in [2.05, 4.69) is 9.46 Å². The summed E-state index contributed by atoms with van der Waals surface area (Å²) in [4.78, 5) is 11.7. The molecule has 0 aromatic heterocycles. The van der Waals surface area contributed by atoms with E-state index in [0.29, 0.717) is 22.9 Å². The Kier molecular flexibility index (Phi) is 11.8. The van der Waals surface area contributed by atoms with Crippen molar-refractivity contribution < 1.29 is 40.9 Å². The molecular formula is C33H38N2O9S2. The van der Waals surface area contributed by atoms with Gasteiger partial charge in [0.15, 0.2) is 5.60 Å². The summed E-state index contributed by atoms with van der Waals surface area (Å²) < 4.78 is 65.7. The molecule has 0 heterocycles. The van der Waals surface area contributed by atoms with Crippen LogP contribution in [-0.2, 0) is 29.6 Å². The number of esters is 1. The van der Waals surface area contributed by atoms with Crippen LogP contribution in [0.15, 0.2) is 97.1 Å². The first-order chi connectivity index (χ1) is 21.4. The van der Waals surface area contributed by atoms with Gasteiger partial charge < -0.3 is 19.3 Å². The number of aryl methyl sites for hydroxylation is 2. The molecule has 0 saturated heterocycles. The van der Waals surface area contributed by atoms with Crippen molar-refractivity contribution >= 4 is 37.4 Å². The number of carbonyl (C=O) groups is 1. The first-order valence-electron chi connectivity index (χ1n) is 13.9. The van der Waals surface area contributed by atoms with E-state index in [4.69, 9.17) is 9.47 Å². The molecule has 0 spiro atoms. The molecule has 0 amide bonds. The van der Waals surface area contributed by atoms with E-state index in [0.717, 1.165) is 35.2 Å². The number of methoxy groups -OCH3 is 1. The third-order valence-electron chi connectivity index (χ3n) is 6.27. The quantitative estimate of drug-likeness (QED) is 0.194. The maximum absolute atomic E-state index is 12.2. The van der Waals surface area contributed by atoms with Crippen molar-refractivity contribution in [1.82, 2.24) is 0 Å². The fourth-order valence-electron chi connectivity index (χ4n) is 3.93. The maximum Gasteiger partial charge on any atom is 0.339 e. The lowest BCUT2D eigenvalue weighted by molar-refractivity contribution is -0.159. The molecule has 0 saturated carbocycles. The molecule has 1 atom stereocenters. The van der Waals surface area contributed by atoms with E-state index in [1.54, 1.807) is 36.4 Å². The highest BCUT2D eigenvalue weighted by molar-refractivity contribution is 7.92. The number of sulfonamides is 2. The van der Waals surface area contributed by atoms with Gasteiger partial charge in [-0.25, -0.2) is 21.6 Å². The van der Waals surface area contributed by atoms with Gasteiger partial charge in [-0.05, 0) is 93.6 Å². The predicted octanol–water partition coefficient (Wildman–Crippen LogP) is 5.64.